The smallest absolute Gasteiger partial charge is 0.154 e. The minimum Gasteiger partial charge on any atom is -0.404 e. The van der Waals surface area contributed by atoms with E-state index < -0.39 is 0 Å². The largest absolute Gasteiger partial charge is 0.404 e. The molecule has 0 aliphatic rings. The van der Waals surface area contributed by atoms with Crippen LogP contribution in [0.4, 0.5) is 0 Å². The molecule has 2 heteroatoms. The third kappa shape index (κ3) is 18.9. The van der Waals surface area contributed by atoms with Gasteiger partial charge in [0.05, 0.1) is 0 Å². The van der Waals surface area contributed by atoms with Gasteiger partial charge in [0.15, 0.2) is 5.78 Å². The standard InChI is InChI=1S/C4H7NO.C2H6/c1-4(6)2-3-5;1-2/h2-3H,5H2,1H3;1-2H3/b3-2+;. The summed E-state index contributed by atoms with van der Waals surface area (Å²) in [5.74, 6) is -0.0162. The van der Waals surface area contributed by atoms with Crippen molar-refractivity contribution in [2.75, 3.05) is 0 Å². The zero-order valence-corrected chi connectivity index (χ0v) is 5.64. The Kier molecular flexibility index (Phi) is 12.2. The number of rotatable bonds is 1. The van der Waals surface area contributed by atoms with Crippen LogP contribution in [-0.2, 0) is 4.79 Å². The van der Waals surface area contributed by atoms with Gasteiger partial charge in [0, 0.05) is 0 Å². The highest BCUT2D eigenvalue weighted by Crippen LogP contribution is 1.64. The first-order valence-electron chi connectivity index (χ1n) is 2.66. The molecule has 2 nitrogen and oxygen atoms in total. The lowest BCUT2D eigenvalue weighted by atomic mass is 10.4. The second kappa shape index (κ2) is 9.51. The van der Waals surface area contributed by atoms with Crippen molar-refractivity contribution in [2.24, 2.45) is 5.73 Å². The molecule has 0 radical (unpaired) electrons. The van der Waals surface area contributed by atoms with E-state index in [2.05, 4.69) is 0 Å². The van der Waals surface area contributed by atoms with Crippen LogP contribution in [0.15, 0.2) is 12.3 Å². The first kappa shape index (κ1) is 10.2. The third-order valence-corrected chi connectivity index (χ3v) is 0.331. The Balaban J connectivity index is 0. The van der Waals surface area contributed by atoms with E-state index in [1.165, 1.54) is 19.2 Å². The van der Waals surface area contributed by atoms with E-state index in [0.717, 1.165) is 0 Å². The van der Waals surface area contributed by atoms with Crippen molar-refractivity contribution >= 4 is 5.78 Å². The summed E-state index contributed by atoms with van der Waals surface area (Å²) in [6, 6.07) is 0. The van der Waals surface area contributed by atoms with E-state index >= 15 is 0 Å². The van der Waals surface area contributed by atoms with Crippen LogP contribution in [0.5, 0.6) is 0 Å². The molecular formula is C6H13NO. The van der Waals surface area contributed by atoms with Gasteiger partial charge in [0.2, 0.25) is 0 Å². The molecule has 0 aromatic heterocycles. The molecule has 8 heavy (non-hydrogen) atoms. The van der Waals surface area contributed by atoms with Gasteiger partial charge in [-0.25, -0.2) is 0 Å². The summed E-state index contributed by atoms with van der Waals surface area (Å²) in [4.78, 5) is 9.88. The summed E-state index contributed by atoms with van der Waals surface area (Å²) in [5.41, 5.74) is 4.83. The predicted molar refractivity (Wildman–Crippen MR) is 35.4 cm³/mol. The molecule has 0 heterocycles. The summed E-state index contributed by atoms with van der Waals surface area (Å²) in [6.45, 7) is 5.45. The van der Waals surface area contributed by atoms with E-state index in [9.17, 15) is 4.79 Å². The van der Waals surface area contributed by atoms with Crippen molar-refractivity contribution < 1.29 is 4.79 Å². The molecule has 2 N–H and O–H groups in total. The predicted octanol–water partition coefficient (Wildman–Crippen LogP) is 1.07. The van der Waals surface area contributed by atoms with Gasteiger partial charge in [-0.15, -0.1) is 0 Å². The molecular weight excluding hydrogens is 102 g/mol. The Morgan fingerprint density at radius 3 is 1.88 bits per heavy atom. The summed E-state index contributed by atoms with van der Waals surface area (Å²) in [7, 11) is 0. The monoisotopic (exact) mass is 115 g/mol. The Labute approximate surface area is 50.4 Å². The van der Waals surface area contributed by atoms with E-state index in [0.29, 0.717) is 0 Å². The van der Waals surface area contributed by atoms with E-state index in [1.54, 1.807) is 0 Å². The molecule has 0 saturated carbocycles. The Morgan fingerprint density at radius 2 is 1.88 bits per heavy atom. The Morgan fingerprint density at radius 1 is 1.50 bits per heavy atom. The number of nitrogens with two attached hydrogens (primary N) is 1. The van der Waals surface area contributed by atoms with Crippen LogP contribution in [-0.4, -0.2) is 5.78 Å². The van der Waals surface area contributed by atoms with E-state index in [1.807, 2.05) is 13.8 Å². The minimum atomic E-state index is -0.0162. The molecule has 0 bridgehead atoms. The summed E-state index contributed by atoms with van der Waals surface area (Å²) >= 11 is 0. The average molecular weight is 115 g/mol. The van der Waals surface area contributed by atoms with Crippen LogP contribution in [0.1, 0.15) is 20.8 Å². The van der Waals surface area contributed by atoms with Gasteiger partial charge in [0.25, 0.3) is 0 Å². The van der Waals surface area contributed by atoms with Crippen molar-refractivity contribution in [1.29, 1.82) is 0 Å². The van der Waals surface area contributed by atoms with Gasteiger partial charge in [0.1, 0.15) is 0 Å². The highest BCUT2D eigenvalue weighted by Gasteiger charge is 1.73. The van der Waals surface area contributed by atoms with Gasteiger partial charge >= 0.3 is 0 Å². The SMILES string of the molecule is CC.CC(=O)/C=C/N. The second-order valence-electron chi connectivity index (χ2n) is 0.970. The van der Waals surface area contributed by atoms with Gasteiger partial charge in [-0.05, 0) is 19.2 Å². The summed E-state index contributed by atoms with van der Waals surface area (Å²) < 4.78 is 0. The number of hydrogen-bond acceptors (Lipinski definition) is 2. The van der Waals surface area contributed by atoms with Gasteiger partial charge in [-0.2, -0.15) is 0 Å². The molecule has 48 valence electrons. The van der Waals surface area contributed by atoms with Crippen LogP contribution < -0.4 is 5.73 Å². The maximum Gasteiger partial charge on any atom is 0.154 e. The van der Waals surface area contributed by atoms with Crippen molar-refractivity contribution in [1.82, 2.24) is 0 Å². The van der Waals surface area contributed by atoms with Crippen LogP contribution in [0, 0.1) is 0 Å². The zero-order chi connectivity index (χ0) is 6.99. The third-order valence-electron chi connectivity index (χ3n) is 0.331. The van der Waals surface area contributed by atoms with Crippen LogP contribution >= 0.6 is 0 Å². The molecule has 0 rings (SSSR count). The lowest BCUT2D eigenvalue weighted by molar-refractivity contribution is -0.112. The molecule has 0 aromatic rings. The number of carbonyl (C=O) groups excluding carboxylic acids is 1. The van der Waals surface area contributed by atoms with Crippen LogP contribution in [0.25, 0.3) is 0 Å². The summed E-state index contributed by atoms with van der Waals surface area (Å²) in [5, 5.41) is 0. The van der Waals surface area contributed by atoms with E-state index in [4.69, 9.17) is 5.73 Å². The second-order valence-corrected chi connectivity index (χ2v) is 0.970. The molecule has 0 aliphatic carbocycles. The molecule has 0 saturated heterocycles. The van der Waals surface area contributed by atoms with Crippen LogP contribution in [0.3, 0.4) is 0 Å². The van der Waals surface area contributed by atoms with Crippen molar-refractivity contribution in [3.63, 3.8) is 0 Å². The zero-order valence-electron chi connectivity index (χ0n) is 5.64. The average Bonchev–Trinajstić information content (AvgIpc) is 1.72. The first-order chi connectivity index (χ1) is 3.77. The fourth-order valence-electron chi connectivity index (χ4n) is 0.136. The first-order valence-corrected chi connectivity index (χ1v) is 2.66. The molecule has 0 unspecified atom stereocenters. The molecule has 0 atom stereocenters. The fourth-order valence-corrected chi connectivity index (χ4v) is 0.136. The van der Waals surface area contributed by atoms with Crippen LogP contribution in [0.2, 0.25) is 0 Å². The number of allylic oxidation sites excluding steroid dienone is 1. The van der Waals surface area contributed by atoms with Crippen molar-refractivity contribution in [3.8, 4) is 0 Å². The lowest BCUT2D eigenvalue weighted by Crippen LogP contribution is -1.83. The highest BCUT2D eigenvalue weighted by molar-refractivity contribution is 5.86. The van der Waals surface area contributed by atoms with E-state index in [-0.39, 0.29) is 5.78 Å². The quantitative estimate of drug-likeness (QED) is 0.519. The maximum atomic E-state index is 9.88. The maximum absolute atomic E-state index is 9.88. The van der Waals surface area contributed by atoms with Gasteiger partial charge in [-0.1, -0.05) is 13.8 Å². The fraction of sp³-hybridized carbons (Fsp3) is 0.500. The summed E-state index contributed by atoms with van der Waals surface area (Å²) in [6.07, 6.45) is 2.53. The van der Waals surface area contributed by atoms with Crippen molar-refractivity contribution in [3.05, 3.63) is 12.3 Å². The molecule has 0 amide bonds. The Bertz CT molecular complexity index is 76.6. The molecule has 0 fully saturated rings. The topological polar surface area (TPSA) is 43.1 Å². The van der Waals surface area contributed by atoms with Gasteiger partial charge in [-0.3, -0.25) is 4.79 Å². The van der Waals surface area contributed by atoms with Gasteiger partial charge < -0.3 is 5.73 Å². The molecule has 0 aromatic carbocycles. The molecule has 0 aliphatic heterocycles. The number of carbonyl (C=O) groups is 1. The number of hydrogen-bond donors (Lipinski definition) is 1. The normalized spacial score (nSPS) is 7.88. The minimum absolute atomic E-state index is 0.0162. The lowest BCUT2D eigenvalue weighted by Gasteiger charge is -1.68. The number of ketones is 1. The van der Waals surface area contributed by atoms with Crippen molar-refractivity contribution in [2.45, 2.75) is 20.8 Å². The molecule has 0 spiro atoms. The Hall–Kier alpha value is -0.790. The highest BCUT2D eigenvalue weighted by atomic mass is 16.1.